The third-order valence-electron chi connectivity index (χ3n) is 3.16. The van der Waals surface area contributed by atoms with Gasteiger partial charge >= 0.3 is 11.5 Å². The Labute approximate surface area is 124 Å². The van der Waals surface area contributed by atoms with E-state index in [0.29, 0.717) is 5.02 Å². The van der Waals surface area contributed by atoms with Crippen LogP contribution in [0, 0.1) is 0 Å². The fourth-order valence-electron chi connectivity index (χ4n) is 1.98. The summed E-state index contributed by atoms with van der Waals surface area (Å²) in [7, 11) is 0. The Morgan fingerprint density at radius 2 is 2.19 bits per heavy atom. The molecule has 1 heterocycles. The number of rotatable bonds is 4. The number of benzene rings is 1. The van der Waals surface area contributed by atoms with Crippen molar-refractivity contribution in [3.8, 4) is 11.6 Å². The highest BCUT2D eigenvalue weighted by molar-refractivity contribution is 6.30. The molecular weight excluding hydrogens is 296 g/mol. The molecule has 1 aromatic heterocycles. The maximum Gasteiger partial charge on any atom is 0.339 e. The number of aromatic nitrogens is 2. The van der Waals surface area contributed by atoms with Gasteiger partial charge in [-0.3, -0.25) is 4.79 Å². The lowest BCUT2D eigenvalue weighted by atomic mass is 10.2. The zero-order chi connectivity index (χ0) is 15.0. The SMILES string of the molecule is O=C(O)c1ccc(Cl)cc1Oc1nccn(C2CC2)c1=O. The van der Waals surface area contributed by atoms with Crippen molar-refractivity contribution in [3.63, 3.8) is 0 Å². The van der Waals surface area contributed by atoms with Crippen LogP contribution in [0.1, 0.15) is 29.2 Å². The van der Waals surface area contributed by atoms with Gasteiger partial charge in [-0.1, -0.05) is 11.6 Å². The summed E-state index contributed by atoms with van der Waals surface area (Å²) in [5, 5.41) is 9.44. The van der Waals surface area contributed by atoms with E-state index in [1.807, 2.05) is 0 Å². The number of halogens is 1. The first-order chi connectivity index (χ1) is 10.1. The predicted molar refractivity (Wildman–Crippen MR) is 75.3 cm³/mol. The number of carbonyl (C=O) groups is 1. The first-order valence-corrected chi connectivity index (χ1v) is 6.72. The molecule has 0 aliphatic heterocycles. The van der Waals surface area contributed by atoms with E-state index in [2.05, 4.69) is 4.98 Å². The Hall–Kier alpha value is -2.34. The van der Waals surface area contributed by atoms with Crippen LogP contribution in [-0.4, -0.2) is 20.6 Å². The van der Waals surface area contributed by atoms with E-state index in [1.165, 1.54) is 24.4 Å². The summed E-state index contributed by atoms with van der Waals surface area (Å²) in [6.45, 7) is 0. The van der Waals surface area contributed by atoms with Crippen LogP contribution < -0.4 is 10.3 Å². The lowest BCUT2D eigenvalue weighted by Crippen LogP contribution is -2.20. The highest BCUT2D eigenvalue weighted by atomic mass is 35.5. The van der Waals surface area contributed by atoms with Crippen molar-refractivity contribution in [3.05, 3.63) is 51.5 Å². The largest absolute Gasteiger partial charge is 0.478 e. The van der Waals surface area contributed by atoms with E-state index in [-0.39, 0.29) is 28.8 Å². The summed E-state index contributed by atoms with van der Waals surface area (Å²) in [5.74, 6) is -1.33. The molecule has 3 rings (SSSR count). The van der Waals surface area contributed by atoms with Crippen LogP contribution in [0.5, 0.6) is 11.6 Å². The molecule has 0 unspecified atom stereocenters. The van der Waals surface area contributed by atoms with Gasteiger partial charge in [-0.2, -0.15) is 0 Å². The topological polar surface area (TPSA) is 81.4 Å². The average molecular weight is 307 g/mol. The number of nitrogens with zero attached hydrogens (tertiary/aromatic N) is 2. The second-order valence-corrected chi connectivity index (χ2v) is 5.16. The smallest absolute Gasteiger partial charge is 0.339 e. The highest BCUT2D eigenvalue weighted by Crippen LogP contribution is 2.33. The van der Waals surface area contributed by atoms with Crippen molar-refractivity contribution in [1.82, 2.24) is 9.55 Å². The van der Waals surface area contributed by atoms with Crippen molar-refractivity contribution < 1.29 is 14.6 Å². The minimum absolute atomic E-state index is 0.00635. The van der Waals surface area contributed by atoms with Crippen LogP contribution in [0.15, 0.2) is 35.4 Å². The molecule has 0 saturated heterocycles. The molecule has 0 amide bonds. The summed E-state index contributed by atoms with van der Waals surface area (Å²) in [5.41, 5.74) is -0.460. The Morgan fingerprint density at radius 1 is 1.43 bits per heavy atom. The maximum absolute atomic E-state index is 12.2. The van der Waals surface area contributed by atoms with Gasteiger partial charge in [0, 0.05) is 29.5 Å². The van der Waals surface area contributed by atoms with E-state index in [1.54, 1.807) is 10.8 Å². The van der Waals surface area contributed by atoms with Gasteiger partial charge in [0.1, 0.15) is 11.3 Å². The molecule has 1 saturated carbocycles. The van der Waals surface area contributed by atoms with Crippen LogP contribution in [0.2, 0.25) is 5.02 Å². The number of hydrogen-bond donors (Lipinski definition) is 1. The van der Waals surface area contributed by atoms with Crippen LogP contribution in [0.3, 0.4) is 0 Å². The molecule has 1 aliphatic rings. The molecule has 2 aromatic rings. The molecule has 0 bridgehead atoms. The molecule has 1 aromatic carbocycles. The van der Waals surface area contributed by atoms with E-state index >= 15 is 0 Å². The maximum atomic E-state index is 12.2. The van der Waals surface area contributed by atoms with Gasteiger partial charge in [-0.05, 0) is 25.0 Å². The Morgan fingerprint density at radius 3 is 2.86 bits per heavy atom. The molecule has 108 valence electrons. The summed E-state index contributed by atoms with van der Waals surface area (Å²) in [4.78, 5) is 27.3. The third kappa shape index (κ3) is 2.75. The number of aromatic carboxylic acids is 1. The number of carboxylic acids is 1. The molecular formula is C14H11ClN2O4. The van der Waals surface area contributed by atoms with Crippen LogP contribution in [0.4, 0.5) is 0 Å². The van der Waals surface area contributed by atoms with E-state index in [0.717, 1.165) is 12.8 Å². The van der Waals surface area contributed by atoms with Crippen molar-refractivity contribution >= 4 is 17.6 Å². The molecule has 7 heteroatoms. The summed E-state index contributed by atoms with van der Waals surface area (Å²) in [6, 6.07) is 4.29. The first-order valence-electron chi connectivity index (χ1n) is 6.34. The molecule has 0 radical (unpaired) electrons. The fourth-order valence-corrected chi connectivity index (χ4v) is 2.14. The van der Waals surface area contributed by atoms with Gasteiger partial charge in [-0.15, -0.1) is 0 Å². The minimum atomic E-state index is -1.17. The fraction of sp³-hybridized carbons (Fsp3) is 0.214. The van der Waals surface area contributed by atoms with Gasteiger partial charge < -0.3 is 14.4 Å². The molecule has 21 heavy (non-hydrogen) atoms. The molecule has 0 atom stereocenters. The minimum Gasteiger partial charge on any atom is -0.478 e. The van der Waals surface area contributed by atoms with E-state index in [9.17, 15) is 9.59 Å². The first kappa shape index (κ1) is 13.6. The number of carboxylic acid groups (broad SMARTS) is 1. The van der Waals surface area contributed by atoms with Gasteiger partial charge in [0.2, 0.25) is 0 Å². The lowest BCUT2D eigenvalue weighted by molar-refractivity contribution is 0.0694. The van der Waals surface area contributed by atoms with Crippen LogP contribution in [-0.2, 0) is 0 Å². The summed E-state index contributed by atoms with van der Waals surface area (Å²) < 4.78 is 6.94. The van der Waals surface area contributed by atoms with Gasteiger partial charge in [0.05, 0.1) is 0 Å². The van der Waals surface area contributed by atoms with Crippen molar-refractivity contribution in [1.29, 1.82) is 0 Å². The summed E-state index contributed by atoms with van der Waals surface area (Å²) in [6.07, 6.45) is 4.95. The van der Waals surface area contributed by atoms with Gasteiger partial charge in [0.25, 0.3) is 5.88 Å². The lowest BCUT2D eigenvalue weighted by Gasteiger charge is -2.09. The second kappa shape index (κ2) is 5.21. The monoisotopic (exact) mass is 306 g/mol. The zero-order valence-electron chi connectivity index (χ0n) is 10.8. The number of ether oxygens (including phenoxy) is 1. The quantitative estimate of drug-likeness (QED) is 0.939. The van der Waals surface area contributed by atoms with Crippen molar-refractivity contribution in [2.24, 2.45) is 0 Å². The molecule has 0 spiro atoms. The Kier molecular flexibility index (Phi) is 3.39. The third-order valence-corrected chi connectivity index (χ3v) is 3.39. The van der Waals surface area contributed by atoms with Crippen molar-refractivity contribution in [2.75, 3.05) is 0 Å². The second-order valence-electron chi connectivity index (χ2n) is 4.72. The highest BCUT2D eigenvalue weighted by Gasteiger charge is 2.26. The normalized spacial score (nSPS) is 14.0. The molecule has 6 nitrogen and oxygen atoms in total. The summed E-state index contributed by atoms with van der Waals surface area (Å²) >= 11 is 5.84. The Bertz CT molecular complexity index is 768. The molecule has 1 aliphatic carbocycles. The van der Waals surface area contributed by atoms with Crippen molar-refractivity contribution in [2.45, 2.75) is 18.9 Å². The molecule has 1 fully saturated rings. The van der Waals surface area contributed by atoms with Crippen LogP contribution in [0.25, 0.3) is 0 Å². The van der Waals surface area contributed by atoms with E-state index < -0.39 is 5.97 Å². The molecule has 1 N–H and O–H groups in total. The van der Waals surface area contributed by atoms with E-state index in [4.69, 9.17) is 21.4 Å². The standard InChI is InChI=1S/C14H11ClN2O4/c15-8-1-4-10(14(19)20)11(7-8)21-12-13(18)17(6-5-16-12)9-2-3-9/h1,4-7,9H,2-3H2,(H,19,20). The zero-order valence-corrected chi connectivity index (χ0v) is 11.6. The van der Waals surface area contributed by atoms with Crippen LogP contribution >= 0.6 is 11.6 Å². The predicted octanol–water partition coefficient (Wildman–Crippen LogP) is 2.72. The number of hydrogen-bond acceptors (Lipinski definition) is 4. The average Bonchev–Trinajstić information content (AvgIpc) is 3.25. The Balaban J connectivity index is 2.01. The van der Waals surface area contributed by atoms with Gasteiger partial charge in [0.15, 0.2) is 0 Å². The van der Waals surface area contributed by atoms with Gasteiger partial charge in [-0.25, -0.2) is 9.78 Å².